The fourth-order valence-electron chi connectivity index (χ4n) is 1.31. The second-order valence-electron chi connectivity index (χ2n) is 3.01. The van der Waals surface area contributed by atoms with Crippen molar-refractivity contribution in [3.05, 3.63) is 12.5 Å². The van der Waals surface area contributed by atoms with Crippen LogP contribution in [0.5, 0.6) is 0 Å². The first-order chi connectivity index (χ1) is 6.74. The minimum absolute atomic E-state index is 0.604. The van der Waals surface area contributed by atoms with Crippen LogP contribution in [0.2, 0.25) is 0 Å². The van der Waals surface area contributed by atoms with Crippen molar-refractivity contribution in [1.82, 2.24) is 24.5 Å². The quantitative estimate of drug-likeness (QED) is 0.741. The monoisotopic (exact) mass is 192 g/mol. The molecule has 0 aliphatic heterocycles. The van der Waals surface area contributed by atoms with Gasteiger partial charge in [0.2, 0.25) is 0 Å². The number of hydrogen-bond donors (Lipinski definition) is 1. The smallest absolute Gasteiger partial charge is 0.169 e. The van der Waals surface area contributed by atoms with Crippen LogP contribution >= 0.6 is 0 Å². The van der Waals surface area contributed by atoms with Gasteiger partial charge in [0, 0.05) is 13.6 Å². The summed E-state index contributed by atoms with van der Waals surface area (Å²) in [5, 5.41) is 11.9. The molecule has 0 unspecified atom stereocenters. The molecule has 2 aromatic heterocycles. The molecule has 2 heterocycles. The molecular formula is C8H12N6. The molecule has 0 aromatic carbocycles. The molecule has 6 heteroatoms. The van der Waals surface area contributed by atoms with Crippen molar-refractivity contribution in [3.8, 4) is 11.4 Å². The number of nitrogens with zero attached hydrogens (tertiary/aromatic N) is 5. The lowest BCUT2D eigenvalue weighted by molar-refractivity contribution is 0.766. The lowest BCUT2D eigenvalue weighted by atomic mass is 10.3. The summed E-state index contributed by atoms with van der Waals surface area (Å²) in [6.07, 6.45) is 3.38. The number of aryl methyl sites for hydroxylation is 2. The van der Waals surface area contributed by atoms with Crippen LogP contribution < -0.4 is 5.73 Å². The lowest BCUT2D eigenvalue weighted by Gasteiger charge is -2.01. The molecule has 0 saturated carbocycles. The van der Waals surface area contributed by atoms with E-state index in [0.29, 0.717) is 5.82 Å². The van der Waals surface area contributed by atoms with Crippen molar-refractivity contribution in [2.45, 2.75) is 13.5 Å². The molecule has 6 nitrogen and oxygen atoms in total. The molecule has 74 valence electrons. The summed E-state index contributed by atoms with van der Waals surface area (Å²) in [5.74, 6) is 1.37. The molecule has 0 atom stereocenters. The Hall–Kier alpha value is -1.85. The molecule has 2 aromatic rings. The number of hydrogen-bond acceptors (Lipinski definition) is 4. The zero-order valence-electron chi connectivity index (χ0n) is 8.18. The van der Waals surface area contributed by atoms with Crippen molar-refractivity contribution < 1.29 is 0 Å². The van der Waals surface area contributed by atoms with Crippen LogP contribution in [-0.2, 0) is 13.6 Å². The predicted octanol–water partition coefficient (Wildman–Crippen LogP) is 0.281. The molecule has 0 radical (unpaired) electrons. The van der Waals surface area contributed by atoms with E-state index in [2.05, 4.69) is 15.3 Å². The first kappa shape index (κ1) is 8.74. The Morgan fingerprint density at radius 3 is 2.86 bits per heavy atom. The van der Waals surface area contributed by atoms with Crippen LogP contribution in [0.4, 0.5) is 5.82 Å². The molecule has 0 fully saturated rings. The largest absolute Gasteiger partial charge is 0.383 e. The molecule has 0 saturated heterocycles. The highest BCUT2D eigenvalue weighted by Gasteiger charge is 2.12. The highest BCUT2D eigenvalue weighted by molar-refractivity contribution is 5.67. The number of anilines is 1. The van der Waals surface area contributed by atoms with Crippen LogP contribution in [0.15, 0.2) is 12.5 Å². The highest BCUT2D eigenvalue weighted by atomic mass is 15.3. The molecule has 2 rings (SSSR count). The molecule has 2 N–H and O–H groups in total. The van der Waals surface area contributed by atoms with Crippen LogP contribution in [-0.4, -0.2) is 24.5 Å². The van der Waals surface area contributed by atoms with Gasteiger partial charge in [-0.25, -0.2) is 0 Å². The second-order valence-corrected chi connectivity index (χ2v) is 3.01. The van der Waals surface area contributed by atoms with E-state index in [1.165, 1.54) is 0 Å². The van der Waals surface area contributed by atoms with Gasteiger partial charge in [0.05, 0.1) is 11.8 Å². The minimum atomic E-state index is 0.604. The summed E-state index contributed by atoms with van der Waals surface area (Å²) in [5.41, 5.74) is 6.66. The third-order valence-corrected chi connectivity index (χ3v) is 2.18. The van der Waals surface area contributed by atoms with Gasteiger partial charge in [-0.3, -0.25) is 4.68 Å². The molecule has 0 aliphatic carbocycles. The Morgan fingerprint density at radius 2 is 2.29 bits per heavy atom. The molecule has 0 aliphatic rings. The average molecular weight is 192 g/mol. The molecule has 14 heavy (non-hydrogen) atoms. The van der Waals surface area contributed by atoms with E-state index in [4.69, 9.17) is 5.73 Å². The van der Waals surface area contributed by atoms with Gasteiger partial charge in [-0.15, -0.1) is 10.2 Å². The zero-order valence-corrected chi connectivity index (χ0v) is 8.18. The Balaban J connectivity index is 2.54. The van der Waals surface area contributed by atoms with Gasteiger partial charge in [0.25, 0.3) is 0 Å². The molecule has 0 bridgehead atoms. The maximum atomic E-state index is 5.84. The van der Waals surface area contributed by atoms with Gasteiger partial charge in [0.15, 0.2) is 5.82 Å². The maximum Gasteiger partial charge on any atom is 0.169 e. The third kappa shape index (κ3) is 1.15. The Labute approximate surface area is 81.4 Å². The summed E-state index contributed by atoms with van der Waals surface area (Å²) in [6.45, 7) is 2.84. The van der Waals surface area contributed by atoms with Crippen molar-refractivity contribution in [1.29, 1.82) is 0 Å². The Morgan fingerprint density at radius 1 is 1.50 bits per heavy atom. The molecular weight excluding hydrogens is 180 g/mol. The number of nitrogens with two attached hydrogens (primary N) is 1. The van der Waals surface area contributed by atoms with Gasteiger partial charge < -0.3 is 10.3 Å². The summed E-state index contributed by atoms with van der Waals surface area (Å²) in [4.78, 5) is 0. The second kappa shape index (κ2) is 3.13. The Bertz CT molecular complexity index is 440. The normalized spacial score (nSPS) is 10.7. The van der Waals surface area contributed by atoms with E-state index in [1.807, 2.05) is 11.5 Å². The Kier molecular flexibility index (Phi) is 1.95. The number of aromatic nitrogens is 5. The SMILES string of the molecule is CCn1cnnc1-c1cnn(C)c1N. The van der Waals surface area contributed by atoms with Gasteiger partial charge in [-0.05, 0) is 6.92 Å². The molecule has 0 amide bonds. The molecule has 0 spiro atoms. The topological polar surface area (TPSA) is 74.5 Å². The van der Waals surface area contributed by atoms with Crippen molar-refractivity contribution in [2.24, 2.45) is 7.05 Å². The van der Waals surface area contributed by atoms with Crippen LogP contribution in [0.1, 0.15) is 6.92 Å². The van der Waals surface area contributed by atoms with E-state index in [1.54, 1.807) is 24.3 Å². The first-order valence-electron chi connectivity index (χ1n) is 4.39. The fraction of sp³-hybridized carbons (Fsp3) is 0.375. The summed E-state index contributed by atoms with van der Waals surface area (Å²) in [7, 11) is 1.80. The summed E-state index contributed by atoms with van der Waals surface area (Å²) < 4.78 is 3.54. The van der Waals surface area contributed by atoms with E-state index < -0.39 is 0 Å². The van der Waals surface area contributed by atoms with Gasteiger partial charge in [0.1, 0.15) is 12.1 Å². The number of nitrogen functional groups attached to an aromatic ring is 1. The maximum absolute atomic E-state index is 5.84. The minimum Gasteiger partial charge on any atom is -0.383 e. The highest BCUT2D eigenvalue weighted by Crippen LogP contribution is 2.22. The van der Waals surface area contributed by atoms with Crippen LogP contribution in [0, 0.1) is 0 Å². The third-order valence-electron chi connectivity index (χ3n) is 2.18. The van der Waals surface area contributed by atoms with Crippen LogP contribution in [0.3, 0.4) is 0 Å². The lowest BCUT2D eigenvalue weighted by Crippen LogP contribution is -2.01. The summed E-state index contributed by atoms with van der Waals surface area (Å²) in [6, 6.07) is 0. The number of rotatable bonds is 2. The first-order valence-corrected chi connectivity index (χ1v) is 4.39. The predicted molar refractivity (Wildman–Crippen MR) is 52.3 cm³/mol. The standard InChI is InChI=1S/C8H12N6/c1-3-14-5-10-12-8(14)6-4-11-13(2)7(6)9/h4-5H,3,9H2,1-2H3. The van der Waals surface area contributed by atoms with E-state index >= 15 is 0 Å². The van der Waals surface area contributed by atoms with Crippen molar-refractivity contribution in [3.63, 3.8) is 0 Å². The van der Waals surface area contributed by atoms with E-state index in [0.717, 1.165) is 17.9 Å². The van der Waals surface area contributed by atoms with Gasteiger partial charge in [-0.2, -0.15) is 5.10 Å². The van der Waals surface area contributed by atoms with Crippen molar-refractivity contribution in [2.75, 3.05) is 5.73 Å². The van der Waals surface area contributed by atoms with Gasteiger partial charge >= 0.3 is 0 Å². The van der Waals surface area contributed by atoms with Crippen LogP contribution in [0.25, 0.3) is 11.4 Å². The fourth-order valence-corrected chi connectivity index (χ4v) is 1.31. The average Bonchev–Trinajstić information content (AvgIpc) is 2.75. The zero-order chi connectivity index (χ0) is 10.1. The van der Waals surface area contributed by atoms with E-state index in [-0.39, 0.29) is 0 Å². The van der Waals surface area contributed by atoms with E-state index in [9.17, 15) is 0 Å². The summed E-state index contributed by atoms with van der Waals surface area (Å²) >= 11 is 0. The van der Waals surface area contributed by atoms with Crippen molar-refractivity contribution >= 4 is 5.82 Å². The van der Waals surface area contributed by atoms with Gasteiger partial charge in [-0.1, -0.05) is 0 Å².